The van der Waals surface area contributed by atoms with E-state index in [0.717, 1.165) is 5.57 Å². The van der Waals surface area contributed by atoms with E-state index in [1.165, 1.54) is 19.9 Å². The van der Waals surface area contributed by atoms with E-state index in [9.17, 15) is 34.2 Å². The van der Waals surface area contributed by atoms with Crippen molar-refractivity contribution in [3.05, 3.63) is 23.3 Å². The molecule has 4 aliphatic carbocycles. The fraction of sp³-hybridized carbons (Fsp3) is 0.700. The molecular weight excluding hydrogens is 488 g/mol. The second-order valence-corrected chi connectivity index (χ2v) is 13.7. The van der Waals surface area contributed by atoms with E-state index in [2.05, 4.69) is 6.92 Å². The Balaban J connectivity index is 1.58. The Morgan fingerprint density at radius 1 is 1.11 bits per heavy atom. The summed E-state index contributed by atoms with van der Waals surface area (Å²) >= 11 is 0. The fourth-order valence-electron chi connectivity index (χ4n) is 8.82. The summed E-state index contributed by atoms with van der Waals surface area (Å²) in [5.74, 6) is -2.97. The fourth-order valence-corrected chi connectivity index (χ4v) is 8.82. The molecule has 0 aromatic rings. The first-order chi connectivity index (χ1) is 17.3. The first-order valence-electron chi connectivity index (χ1n) is 13.5. The number of hydrogen-bond donors (Lipinski definition) is 2. The van der Waals surface area contributed by atoms with E-state index in [-0.39, 0.29) is 41.4 Å². The summed E-state index contributed by atoms with van der Waals surface area (Å²) < 4.78 is 6.48. The molecule has 2 unspecified atom stereocenters. The topological polar surface area (TPSA) is 138 Å². The van der Waals surface area contributed by atoms with Gasteiger partial charge in [-0.25, -0.2) is 0 Å². The van der Waals surface area contributed by atoms with Crippen LogP contribution in [0.2, 0.25) is 0 Å². The van der Waals surface area contributed by atoms with Crippen LogP contribution in [0.3, 0.4) is 0 Å². The predicted octanol–water partition coefficient (Wildman–Crippen LogP) is 3.39. The van der Waals surface area contributed by atoms with Crippen molar-refractivity contribution in [1.82, 2.24) is 0 Å². The first kappa shape index (κ1) is 27.1. The summed E-state index contributed by atoms with van der Waals surface area (Å²) in [7, 11) is 0. The number of carboxylic acid groups (broad SMARTS) is 1. The summed E-state index contributed by atoms with van der Waals surface area (Å²) in [4.78, 5) is 64.9. The van der Waals surface area contributed by atoms with Crippen molar-refractivity contribution in [3.8, 4) is 0 Å². The molecule has 0 bridgehead atoms. The summed E-state index contributed by atoms with van der Waals surface area (Å²) in [6, 6.07) is 0. The molecule has 5 rings (SSSR count). The highest BCUT2D eigenvalue weighted by atomic mass is 16.6. The van der Waals surface area contributed by atoms with Gasteiger partial charge in [-0.3, -0.25) is 24.0 Å². The Kier molecular flexibility index (Phi) is 5.42. The largest absolute Gasteiger partial charge is 0.481 e. The third-order valence-electron chi connectivity index (χ3n) is 11.3. The number of aliphatic hydroxyl groups is 1. The molecule has 8 heteroatoms. The molecule has 0 radical (unpaired) electrons. The number of carbonyl (C=O) groups excluding carboxylic acids is 4. The van der Waals surface area contributed by atoms with Gasteiger partial charge in [0, 0.05) is 24.7 Å². The van der Waals surface area contributed by atoms with Gasteiger partial charge in [0.25, 0.3) is 0 Å². The lowest BCUT2D eigenvalue weighted by Crippen LogP contribution is -2.65. The molecular formula is C30H38O8. The van der Waals surface area contributed by atoms with Crippen molar-refractivity contribution in [2.75, 3.05) is 0 Å². The number of carbonyl (C=O) groups is 5. The summed E-state index contributed by atoms with van der Waals surface area (Å²) in [6.07, 6.45) is 3.48. The molecule has 0 aromatic carbocycles. The Hall–Kier alpha value is -2.45. The van der Waals surface area contributed by atoms with Crippen molar-refractivity contribution >= 4 is 29.1 Å². The lowest BCUT2D eigenvalue weighted by atomic mass is 9.40. The second-order valence-electron chi connectivity index (χ2n) is 13.7. The standard InChI is InChI=1S/C30H38O8/c1-15(24(35)36)10-16(31)14-27(5,37)19-12-22(34)29(7)28(19,6)21(33)11-18-26(4)9-8-20(32)25(2,3)17(26)13-23-30(18,29)38-23/h11-12,15,17,23,37H,8-10,13-14H2,1-7H3,(H,35,36)/t15?,17-,23+,26-,27?,28-,29+,30-/m0/s1. The zero-order valence-electron chi connectivity index (χ0n) is 23.3. The third kappa shape index (κ3) is 2.96. The number of hydrogen-bond acceptors (Lipinski definition) is 7. The molecule has 0 amide bonds. The lowest BCUT2D eigenvalue weighted by molar-refractivity contribution is -0.149. The van der Waals surface area contributed by atoms with E-state index < -0.39 is 57.0 Å². The van der Waals surface area contributed by atoms with Gasteiger partial charge in [-0.2, -0.15) is 0 Å². The van der Waals surface area contributed by atoms with E-state index >= 15 is 0 Å². The highest BCUT2D eigenvalue weighted by Gasteiger charge is 2.85. The van der Waals surface area contributed by atoms with Crippen LogP contribution in [0, 0.1) is 33.5 Å². The van der Waals surface area contributed by atoms with Crippen molar-refractivity contribution in [3.63, 3.8) is 0 Å². The average molecular weight is 527 g/mol. The minimum absolute atomic E-state index is 0.0373. The number of epoxide rings is 1. The Bertz CT molecular complexity index is 1270. The Morgan fingerprint density at radius 2 is 1.74 bits per heavy atom. The summed E-state index contributed by atoms with van der Waals surface area (Å²) in [5.41, 5.74) is -5.77. The maximum atomic E-state index is 14.2. The molecule has 38 heavy (non-hydrogen) atoms. The summed E-state index contributed by atoms with van der Waals surface area (Å²) in [6.45, 7) is 12.3. The third-order valence-corrected chi connectivity index (χ3v) is 11.3. The molecule has 1 saturated heterocycles. The van der Waals surface area contributed by atoms with Crippen LogP contribution in [0.5, 0.6) is 0 Å². The molecule has 8 nitrogen and oxygen atoms in total. The van der Waals surface area contributed by atoms with Gasteiger partial charge in [-0.15, -0.1) is 0 Å². The highest BCUT2D eigenvalue weighted by Crippen LogP contribution is 2.78. The predicted molar refractivity (Wildman–Crippen MR) is 136 cm³/mol. The van der Waals surface area contributed by atoms with E-state index in [0.29, 0.717) is 19.3 Å². The first-order valence-corrected chi connectivity index (χ1v) is 13.5. The van der Waals surface area contributed by atoms with E-state index in [1.54, 1.807) is 19.9 Å². The van der Waals surface area contributed by atoms with Gasteiger partial charge in [0.15, 0.2) is 11.6 Å². The van der Waals surface area contributed by atoms with Crippen LogP contribution >= 0.6 is 0 Å². The van der Waals surface area contributed by atoms with Gasteiger partial charge in [0.05, 0.1) is 28.5 Å². The van der Waals surface area contributed by atoms with Crippen LogP contribution in [0.25, 0.3) is 0 Å². The normalized spacial score (nSPS) is 43.0. The molecule has 1 heterocycles. The number of allylic oxidation sites excluding steroid dienone is 2. The average Bonchev–Trinajstić information content (AvgIpc) is 3.48. The van der Waals surface area contributed by atoms with Crippen LogP contribution in [-0.4, -0.2) is 56.6 Å². The smallest absolute Gasteiger partial charge is 0.306 e. The number of Topliss-reactive ketones (excluding diaryl/α,β-unsaturated/α-hetero) is 2. The molecule has 1 spiro atoms. The van der Waals surface area contributed by atoms with Gasteiger partial charge in [-0.05, 0) is 68.2 Å². The molecule has 5 aliphatic rings. The molecule has 2 N–H and O–H groups in total. The number of rotatable bonds is 6. The number of ketones is 4. The zero-order valence-corrected chi connectivity index (χ0v) is 23.3. The molecule has 2 saturated carbocycles. The van der Waals surface area contributed by atoms with Gasteiger partial charge < -0.3 is 14.9 Å². The summed E-state index contributed by atoms with van der Waals surface area (Å²) in [5, 5.41) is 20.8. The zero-order chi connectivity index (χ0) is 28.4. The van der Waals surface area contributed by atoms with Gasteiger partial charge in [0.1, 0.15) is 17.2 Å². The van der Waals surface area contributed by atoms with Crippen molar-refractivity contribution in [2.24, 2.45) is 33.5 Å². The maximum absolute atomic E-state index is 14.2. The van der Waals surface area contributed by atoms with Crippen LogP contribution in [-0.2, 0) is 28.7 Å². The minimum atomic E-state index is -1.83. The number of aliphatic carboxylic acids is 1. The monoisotopic (exact) mass is 526 g/mol. The van der Waals surface area contributed by atoms with Crippen LogP contribution in [0.15, 0.2) is 23.3 Å². The van der Waals surface area contributed by atoms with Gasteiger partial charge >= 0.3 is 5.97 Å². The number of fused-ring (bicyclic) bond motifs is 3. The van der Waals surface area contributed by atoms with Crippen LogP contribution < -0.4 is 0 Å². The highest BCUT2D eigenvalue weighted by molar-refractivity contribution is 6.14. The number of carboxylic acids is 1. The molecule has 206 valence electrons. The molecule has 8 atom stereocenters. The number of ether oxygens (including phenoxy) is 1. The molecule has 0 aromatic heterocycles. The molecule has 3 fully saturated rings. The van der Waals surface area contributed by atoms with Crippen molar-refractivity contribution in [1.29, 1.82) is 0 Å². The maximum Gasteiger partial charge on any atom is 0.306 e. The van der Waals surface area contributed by atoms with E-state index in [1.807, 2.05) is 13.8 Å². The van der Waals surface area contributed by atoms with Crippen molar-refractivity contribution < 1.29 is 38.9 Å². The van der Waals surface area contributed by atoms with Crippen LogP contribution in [0.1, 0.15) is 80.6 Å². The van der Waals surface area contributed by atoms with Gasteiger partial charge in [-0.1, -0.05) is 27.7 Å². The lowest BCUT2D eigenvalue weighted by Gasteiger charge is -2.59. The Morgan fingerprint density at radius 3 is 2.34 bits per heavy atom. The van der Waals surface area contributed by atoms with E-state index in [4.69, 9.17) is 4.74 Å². The SMILES string of the molecule is CC(CC(=O)CC(C)(O)C1=CC(=O)[C@]2(C)[C@]1(C)C(=O)C=C1[C@@]3(C)CCC(=O)C(C)(C)[C@@H]3C[C@H]3O[C@@]132)C(=O)O. The second kappa shape index (κ2) is 7.60. The van der Waals surface area contributed by atoms with Crippen LogP contribution in [0.4, 0.5) is 0 Å². The Labute approximate surface area is 222 Å². The molecule has 1 aliphatic heterocycles. The van der Waals surface area contributed by atoms with Gasteiger partial charge in [0.2, 0.25) is 0 Å². The minimum Gasteiger partial charge on any atom is -0.481 e. The quantitative estimate of drug-likeness (QED) is 0.502. The van der Waals surface area contributed by atoms with Crippen molar-refractivity contribution in [2.45, 2.75) is 97.9 Å².